The van der Waals surface area contributed by atoms with Crippen LogP contribution in [0.4, 0.5) is 26.3 Å². The van der Waals surface area contributed by atoms with Gasteiger partial charge in [-0.25, -0.2) is 9.59 Å². The first-order chi connectivity index (χ1) is 13.2. The molecule has 0 aliphatic heterocycles. The quantitative estimate of drug-likeness (QED) is 0.674. The standard InChI is InChI=1S/C19H14F6O4/c1-9-11(15(26)27)5-3-7-13(9)17(18(20,21)22,19(23,24)25)14-8-4-6-12(10(14)2)16(28)29/h3-8H,1-2H3,(H,26,27)(H,28,29). The molecule has 0 atom stereocenters. The van der Waals surface area contributed by atoms with Crippen LogP contribution in [0.15, 0.2) is 36.4 Å². The van der Waals surface area contributed by atoms with Crippen molar-refractivity contribution in [3.05, 3.63) is 69.8 Å². The van der Waals surface area contributed by atoms with Crippen molar-refractivity contribution < 1.29 is 46.1 Å². The number of carbonyl (C=O) groups is 2. The van der Waals surface area contributed by atoms with Crippen LogP contribution in [0, 0.1) is 13.8 Å². The normalized spacial score (nSPS) is 12.7. The maximum absolute atomic E-state index is 14.3. The Morgan fingerprint density at radius 3 is 1.24 bits per heavy atom. The number of rotatable bonds is 4. The zero-order chi connectivity index (χ0) is 22.4. The van der Waals surface area contributed by atoms with Gasteiger partial charge in [0.25, 0.3) is 0 Å². The van der Waals surface area contributed by atoms with Gasteiger partial charge in [0.05, 0.1) is 11.1 Å². The highest BCUT2D eigenvalue weighted by atomic mass is 19.4. The molecule has 0 radical (unpaired) electrons. The second kappa shape index (κ2) is 7.09. The van der Waals surface area contributed by atoms with E-state index in [1.807, 2.05) is 0 Å². The summed E-state index contributed by atoms with van der Waals surface area (Å²) in [7, 11) is 0. The summed E-state index contributed by atoms with van der Waals surface area (Å²) in [6, 6.07) is 4.45. The summed E-state index contributed by atoms with van der Waals surface area (Å²) in [5, 5.41) is 18.3. The third kappa shape index (κ3) is 3.32. The minimum atomic E-state index is -5.96. The van der Waals surface area contributed by atoms with Gasteiger partial charge < -0.3 is 10.2 Å². The van der Waals surface area contributed by atoms with E-state index in [1.54, 1.807) is 0 Å². The van der Waals surface area contributed by atoms with Crippen molar-refractivity contribution in [1.29, 1.82) is 0 Å². The van der Waals surface area contributed by atoms with Crippen LogP contribution in [-0.2, 0) is 5.41 Å². The van der Waals surface area contributed by atoms with Crippen LogP contribution in [-0.4, -0.2) is 34.5 Å². The molecule has 0 fully saturated rings. The predicted octanol–water partition coefficient (Wildman–Crippen LogP) is 5.11. The van der Waals surface area contributed by atoms with Crippen molar-refractivity contribution in [1.82, 2.24) is 0 Å². The van der Waals surface area contributed by atoms with Gasteiger partial charge in [-0.1, -0.05) is 24.3 Å². The summed E-state index contributed by atoms with van der Waals surface area (Å²) in [4.78, 5) is 22.6. The van der Waals surface area contributed by atoms with Crippen LogP contribution < -0.4 is 0 Å². The van der Waals surface area contributed by atoms with E-state index in [4.69, 9.17) is 10.2 Å². The van der Waals surface area contributed by atoms with Crippen LogP contribution in [0.5, 0.6) is 0 Å². The van der Waals surface area contributed by atoms with Crippen LogP contribution in [0.1, 0.15) is 43.0 Å². The van der Waals surface area contributed by atoms with Crippen molar-refractivity contribution in [2.24, 2.45) is 0 Å². The molecule has 0 saturated carbocycles. The fourth-order valence-corrected chi connectivity index (χ4v) is 3.46. The average molecular weight is 420 g/mol. The molecule has 0 aromatic heterocycles. The lowest BCUT2D eigenvalue weighted by molar-refractivity contribution is -0.289. The van der Waals surface area contributed by atoms with Crippen molar-refractivity contribution in [3.8, 4) is 0 Å². The summed E-state index contributed by atoms with van der Waals surface area (Å²) in [5.74, 6) is -3.39. The van der Waals surface area contributed by atoms with Crippen LogP contribution in [0.25, 0.3) is 0 Å². The smallest absolute Gasteiger partial charge is 0.411 e. The maximum Gasteiger partial charge on any atom is 0.411 e. The molecule has 4 nitrogen and oxygen atoms in total. The molecule has 2 rings (SSSR count). The van der Waals surface area contributed by atoms with Crippen molar-refractivity contribution in [2.45, 2.75) is 31.6 Å². The van der Waals surface area contributed by atoms with E-state index in [-0.39, 0.29) is 0 Å². The summed E-state index contributed by atoms with van der Waals surface area (Å²) in [6.45, 7) is 1.70. The zero-order valence-electron chi connectivity index (χ0n) is 14.9. The highest BCUT2D eigenvalue weighted by molar-refractivity contribution is 5.91. The van der Waals surface area contributed by atoms with Gasteiger partial charge in [0.15, 0.2) is 0 Å². The molecule has 0 saturated heterocycles. The number of carboxylic acids is 2. The third-order valence-electron chi connectivity index (χ3n) is 4.79. The Morgan fingerprint density at radius 2 is 1.00 bits per heavy atom. The van der Waals surface area contributed by atoms with Gasteiger partial charge in [-0.15, -0.1) is 0 Å². The van der Waals surface area contributed by atoms with Gasteiger partial charge in [-0.2, -0.15) is 26.3 Å². The van der Waals surface area contributed by atoms with E-state index in [0.29, 0.717) is 12.1 Å². The molecule has 0 heterocycles. The lowest BCUT2D eigenvalue weighted by Gasteiger charge is -2.40. The molecule has 0 spiro atoms. The first kappa shape index (κ1) is 22.3. The lowest BCUT2D eigenvalue weighted by Crippen LogP contribution is -2.55. The Kier molecular flexibility index (Phi) is 5.44. The molecular formula is C19H14F6O4. The average Bonchev–Trinajstić information content (AvgIpc) is 2.55. The van der Waals surface area contributed by atoms with E-state index in [1.165, 1.54) is 0 Å². The highest BCUT2D eigenvalue weighted by Crippen LogP contribution is 2.57. The van der Waals surface area contributed by atoms with Crippen molar-refractivity contribution >= 4 is 11.9 Å². The minimum Gasteiger partial charge on any atom is -0.478 e. The third-order valence-corrected chi connectivity index (χ3v) is 4.79. The van der Waals surface area contributed by atoms with Gasteiger partial charge in [-0.05, 0) is 48.2 Å². The number of hydrogen-bond acceptors (Lipinski definition) is 2. The van der Waals surface area contributed by atoms with Crippen LogP contribution in [0.3, 0.4) is 0 Å². The molecule has 0 aliphatic rings. The van der Waals surface area contributed by atoms with E-state index >= 15 is 0 Å². The van der Waals surface area contributed by atoms with Crippen molar-refractivity contribution in [3.63, 3.8) is 0 Å². The molecular weight excluding hydrogens is 406 g/mol. The number of carboxylic acid groups (broad SMARTS) is 2. The van der Waals surface area contributed by atoms with Gasteiger partial charge >= 0.3 is 24.3 Å². The van der Waals surface area contributed by atoms with Crippen molar-refractivity contribution in [2.75, 3.05) is 0 Å². The lowest BCUT2D eigenvalue weighted by atomic mass is 9.69. The number of aromatic carboxylic acids is 2. The van der Waals surface area contributed by atoms with Gasteiger partial charge in [0, 0.05) is 0 Å². The van der Waals surface area contributed by atoms with Gasteiger partial charge in [0.2, 0.25) is 5.41 Å². The molecule has 2 aromatic rings. The Balaban J connectivity index is 3.14. The monoisotopic (exact) mass is 420 g/mol. The second-order valence-electron chi connectivity index (χ2n) is 6.31. The molecule has 0 amide bonds. The molecule has 2 aromatic carbocycles. The topological polar surface area (TPSA) is 74.6 Å². The minimum absolute atomic E-state index is 0.551. The molecule has 10 heteroatoms. The van der Waals surface area contributed by atoms with Crippen LogP contribution in [0.2, 0.25) is 0 Å². The molecule has 156 valence electrons. The zero-order valence-corrected chi connectivity index (χ0v) is 14.9. The predicted molar refractivity (Wildman–Crippen MR) is 89.2 cm³/mol. The Morgan fingerprint density at radius 1 is 0.690 bits per heavy atom. The summed E-state index contributed by atoms with van der Waals surface area (Å²) in [6.07, 6.45) is -11.9. The molecule has 2 N–H and O–H groups in total. The molecule has 0 unspecified atom stereocenters. The molecule has 0 aliphatic carbocycles. The molecule has 0 bridgehead atoms. The largest absolute Gasteiger partial charge is 0.478 e. The Bertz CT molecular complexity index is 896. The highest BCUT2D eigenvalue weighted by Gasteiger charge is 2.73. The first-order valence-electron chi connectivity index (χ1n) is 7.98. The fraction of sp³-hybridized carbons (Fsp3) is 0.263. The SMILES string of the molecule is Cc1c(C(=O)O)cccc1C(c1cccc(C(=O)O)c1C)(C(F)(F)F)C(F)(F)F. The van der Waals surface area contributed by atoms with Crippen LogP contribution >= 0.6 is 0 Å². The van der Waals surface area contributed by atoms with Gasteiger partial charge in [0.1, 0.15) is 0 Å². The summed E-state index contributed by atoms with van der Waals surface area (Å²) >= 11 is 0. The van der Waals surface area contributed by atoms with E-state index in [2.05, 4.69) is 0 Å². The Labute approximate surface area is 160 Å². The van der Waals surface area contributed by atoms with E-state index < -0.39 is 63.1 Å². The second-order valence-corrected chi connectivity index (χ2v) is 6.31. The molecule has 29 heavy (non-hydrogen) atoms. The van der Waals surface area contributed by atoms with Gasteiger partial charge in [-0.3, -0.25) is 0 Å². The number of benzene rings is 2. The fourth-order valence-electron chi connectivity index (χ4n) is 3.46. The summed E-state index contributed by atoms with van der Waals surface area (Å²) in [5.41, 5.74) is -10.2. The number of hydrogen-bond donors (Lipinski definition) is 2. The number of alkyl halides is 6. The summed E-state index contributed by atoms with van der Waals surface area (Å²) < 4.78 is 85.5. The number of halogens is 6. The first-order valence-corrected chi connectivity index (χ1v) is 7.98. The van der Waals surface area contributed by atoms with E-state index in [0.717, 1.165) is 38.1 Å². The Hall–Kier alpha value is -3.04. The van der Waals surface area contributed by atoms with E-state index in [9.17, 15) is 35.9 Å². The maximum atomic E-state index is 14.3.